The van der Waals surface area contributed by atoms with Gasteiger partial charge in [-0.3, -0.25) is 9.98 Å². The lowest BCUT2D eigenvalue weighted by atomic mass is 10.3. The average Bonchev–Trinajstić information content (AvgIpc) is 3.04. The number of fused-ring (bicyclic) bond motifs is 1. The summed E-state index contributed by atoms with van der Waals surface area (Å²) in [6.07, 6.45) is 5.04. The number of imidazole rings is 1. The number of aromatic nitrogens is 5. The zero-order valence-corrected chi connectivity index (χ0v) is 15.7. The van der Waals surface area contributed by atoms with Crippen LogP contribution in [0, 0.1) is 11.2 Å². The fraction of sp³-hybridized carbons (Fsp3) is 0.278. The highest BCUT2D eigenvalue weighted by atomic mass is 19.1. The Morgan fingerprint density at radius 1 is 1.25 bits per heavy atom. The minimum Gasteiger partial charge on any atom is -0.477 e. The molecule has 0 unspecified atom stereocenters. The summed E-state index contributed by atoms with van der Waals surface area (Å²) in [7, 11) is 0. The van der Waals surface area contributed by atoms with Gasteiger partial charge in [0, 0.05) is 6.08 Å². The second-order valence-corrected chi connectivity index (χ2v) is 6.38. The van der Waals surface area contributed by atoms with Crippen LogP contribution < -0.4 is 11.1 Å². The third-order valence-corrected chi connectivity index (χ3v) is 3.70. The first-order valence-electron chi connectivity index (χ1n) is 8.64. The summed E-state index contributed by atoms with van der Waals surface area (Å²) in [5.74, 6) is 0.689. The van der Waals surface area contributed by atoms with E-state index in [9.17, 15) is 4.39 Å². The summed E-state index contributed by atoms with van der Waals surface area (Å²) in [5.41, 5.74) is 6.89. The van der Waals surface area contributed by atoms with Gasteiger partial charge in [-0.25, -0.2) is 24.3 Å². The lowest BCUT2D eigenvalue weighted by molar-refractivity contribution is 0.145. The van der Waals surface area contributed by atoms with Crippen molar-refractivity contribution in [3.63, 3.8) is 0 Å². The maximum Gasteiger partial charge on any atom is 0.187 e. The van der Waals surface area contributed by atoms with Crippen molar-refractivity contribution in [1.82, 2.24) is 24.5 Å². The number of hydrogen-bond donors (Lipinski definition) is 3. The van der Waals surface area contributed by atoms with E-state index in [4.69, 9.17) is 15.9 Å². The minimum atomic E-state index is -0.494. The summed E-state index contributed by atoms with van der Waals surface area (Å²) in [4.78, 5) is 16.7. The molecule has 0 saturated heterocycles. The van der Waals surface area contributed by atoms with Crippen LogP contribution in [0.2, 0.25) is 0 Å². The molecule has 28 heavy (non-hydrogen) atoms. The molecule has 1 atom stereocenters. The molecule has 0 fully saturated rings. The molecule has 3 heterocycles. The fourth-order valence-corrected chi connectivity index (χ4v) is 2.49. The molecule has 9 nitrogen and oxygen atoms in total. The van der Waals surface area contributed by atoms with E-state index in [2.05, 4.69) is 25.3 Å². The normalized spacial score (nSPS) is 13.0. The van der Waals surface area contributed by atoms with E-state index in [1.807, 2.05) is 20.8 Å². The highest BCUT2D eigenvalue weighted by Crippen LogP contribution is 2.18. The van der Waals surface area contributed by atoms with Crippen LogP contribution in [-0.2, 0) is 4.74 Å². The van der Waals surface area contributed by atoms with Crippen molar-refractivity contribution in [1.29, 1.82) is 5.41 Å². The summed E-state index contributed by atoms with van der Waals surface area (Å²) < 4.78 is 19.8. The van der Waals surface area contributed by atoms with Crippen molar-refractivity contribution < 1.29 is 9.13 Å². The molecule has 0 bridgehead atoms. The van der Waals surface area contributed by atoms with E-state index in [0.29, 0.717) is 22.8 Å². The second kappa shape index (κ2) is 7.99. The molecule has 146 valence electrons. The highest BCUT2D eigenvalue weighted by molar-refractivity contribution is 5.97. The SMILES string of the molecule is CC(C)O/C(N)=C/C(=N)n1cnc2ccc(N[C@@H](C)c3ncc(F)cn3)nc21. The molecule has 0 spiro atoms. The highest BCUT2D eigenvalue weighted by Gasteiger charge is 2.13. The summed E-state index contributed by atoms with van der Waals surface area (Å²) in [5, 5.41) is 11.4. The number of rotatable bonds is 6. The molecule has 3 rings (SSSR count). The molecule has 0 radical (unpaired) electrons. The average molecular weight is 384 g/mol. The van der Waals surface area contributed by atoms with Gasteiger partial charge in [0.2, 0.25) is 0 Å². The molecule has 0 aliphatic rings. The zero-order chi connectivity index (χ0) is 20.3. The van der Waals surface area contributed by atoms with E-state index in [1.54, 1.807) is 12.1 Å². The number of nitrogens with one attached hydrogen (secondary N) is 2. The molecule has 0 aliphatic carbocycles. The molecule has 0 amide bonds. The topological polar surface area (TPSA) is 128 Å². The monoisotopic (exact) mass is 384 g/mol. The van der Waals surface area contributed by atoms with Crippen LogP contribution in [-0.4, -0.2) is 36.4 Å². The number of anilines is 1. The first kappa shape index (κ1) is 19.2. The van der Waals surface area contributed by atoms with Gasteiger partial charge in [0.15, 0.2) is 17.3 Å². The second-order valence-electron chi connectivity index (χ2n) is 6.38. The fourth-order valence-electron chi connectivity index (χ4n) is 2.49. The van der Waals surface area contributed by atoms with Crippen molar-refractivity contribution in [3.8, 4) is 0 Å². The van der Waals surface area contributed by atoms with Crippen LogP contribution in [0.15, 0.2) is 42.8 Å². The predicted molar refractivity (Wildman–Crippen MR) is 103 cm³/mol. The molecule has 4 N–H and O–H groups in total. The van der Waals surface area contributed by atoms with Crippen LogP contribution in [0.25, 0.3) is 11.2 Å². The maximum absolute atomic E-state index is 13.0. The molecular formula is C18H21FN8O. The molecule has 3 aromatic heterocycles. The minimum absolute atomic E-state index is 0.0696. The summed E-state index contributed by atoms with van der Waals surface area (Å²) in [6, 6.07) is 3.25. The molecule has 0 aromatic carbocycles. The van der Waals surface area contributed by atoms with Gasteiger partial charge in [-0.15, -0.1) is 0 Å². The largest absolute Gasteiger partial charge is 0.477 e. The van der Waals surface area contributed by atoms with Gasteiger partial charge in [-0.1, -0.05) is 0 Å². The molecular weight excluding hydrogens is 363 g/mol. The van der Waals surface area contributed by atoms with E-state index in [1.165, 1.54) is 17.0 Å². The number of hydrogen-bond acceptors (Lipinski definition) is 8. The number of ether oxygens (including phenoxy) is 1. The zero-order valence-electron chi connectivity index (χ0n) is 15.7. The van der Waals surface area contributed by atoms with Crippen LogP contribution in [0.4, 0.5) is 10.2 Å². The Morgan fingerprint density at radius 2 is 1.96 bits per heavy atom. The number of allylic oxidation sites excluding steroid dienone is 1. The Morgan fingerprint density at radius 3 is 2.64 bits per heavy atom. The molecule has 0 aliphatic heterocycles. The van der Waals surface area contributed by atoms with Crippen molar-refractivity contribution in [3.05, 3.63) is 54.5 Å². The van der Waals surface area contributed by atoms with Gasteiger partial charge in [-0.2, -0.15) is 0 Å². The Bertz CT molecular complexity index is 1010. The van der Waals surface area contributed by atoms with Crippen LogP contribution in [0.3, 0.4) is 0 Å². The predicted octanol–water partition coefficient (Wildman–Crippen LogP) is 2.58. The van der Waals surface area contributed by atoms with Gasteiger partial charge >= 0.3 is 0 Å². The van der Waals surface area contributed by atoms with Crippen molar-refractivity contribution >= 4 is 22.8 Å². The lowest BCUT2D eigenvalue weighted by Gasteiger charge is -2.13. The first-order chi connectivity index (χ1) is 13.3. The van der Waals surface area contributed by atoms with Gasteiger partial charge in [0.1, 0.15) is 29.3 Å². The van der Waals surface area contributed by atoms with Crippen LogP contribution in [0.1, 0.15) is 32.6 Å². The van der Waals surface area contributed by atoms with Crippen molar-refractivity contribution in [2.45, 2.75) is 32.9 Å². The van der Waals surface area contributed by atoms with Gasteiger partial charge in [0.05, 0.1) is 24.5 Å². The number of nitrogens with two attached hydrogens (primary N) is 1. The van der Waals surface area contributed by atoms with Crippen LogP contribution >= 0.6 is 0 Å². The van der Waals surface area contributed by atoms with Crippen molar-refractivity contribution in [2.24, 2.45) is 5.73 Å². The van der Waals surface area contributed by atoms with Gasteiger partial charge in [0.25, 0.3) is 0 Å². The Balaban J connectivity index is 1.84. The van der Waals surface area contributed by atoms with E-state index >= 15 is 0 Å². The van der Waals surface area contributed by atoms with Gasteiger partial charge < -0.3 is 15.8 Å². The smallest absolute Gasteiger partial charge is 0.187 e. The number of pyridine rings is 1. The molecule has 3 aromatic rings. The third-order valence-electron chi connectivity index (χ3n) is 3.70. The molecule has 0 saturated carbocycles. The van der Waals surface area contributed by atoms with E-state index in [-0.39, 0.29) is 23.9 Å². The van der Waals surface area contributed by atoms with Crippen molar-refractivity contribution in [2.75, 3.05) is 5.32 Å². The van der Waals surface area contributed by atoms with Gasteiger partial charge in [-0.05, 0) is 32.9 Å². The van der Waals surface area contributed by atoms with E-state index in [0.717, 1.165) is 12.4 Å². The maximum atomic E-state index is 13.0. The number of nitrogens with zero attached hydrogens (tertiary/aromatic N) is 5. The standard InChI is InChI=1S/C18H21FN8O/c1-10(2)28-15(21)6-14(20)27-9-24-13-4-5-16(26-18(13)27)25-11(3)17-22-7-12(19)8-23-17/h4-11,20H,21H2,1-3H3,(H,25,26)/b15-6+,20-14?/t11-/m0/s1. The lowest BCUT2D eigenvalue weighted by Crippen LogP contribution is -2.15. The summed E-state index contributed by atoms with van der Waals surface area (Å²) in [6.45, 7) is 5.54. The first-order valence-corrected chi connectivity index (χ1v) is 8.64. The molecule has 10 heteroatoms. The van der Waals surface area contributed by atoms with Crippen LogP contribution in [0.5, 0.6) is 0 Å². The third kappa shape index (κ3) is 4.40. The quantitative estimate of drug-likeness (QED) is 0.338. The Hall–Kier alpha value is -3.56. The van der Waals surface area contributed by atoms with E-state index < -0.39 is 5.82 Å². The number of halogens is 1. The Kier molecular flexibility index (Phi) is 5.48. The Labute approximate surface area is 161 Å². The summed E-state index contributed by atoms with van der Waals surface area (Å²) >= 11 is 0.